The number of methoxy groups -OCH3 is 1. The SMILES string of the molecule is COc1ccc(CCC(=O)NC2(c3ccccc3)CCC2)cc1. The number of aryl methyl sites for hydroxylation is 1. The molecular weight excluding hydrogens is 286 g/mol. The van der Waals surface area contributed by atoms with Gasteiger partial charge in [-0.2, -0.15) is 0 Å². The van der Waals surface area contributed by atoms with Crippen LogP contribution in [0.25, 0.3) is 0 Å². The molecule has 120 valence electrons. The van der Waals surface area contributed by atoms with E-state index in [4.69, 9.17) is 4.74 Å². The number of hydrogen-bond acceptors (Lipinski definition) is 2. The maximum Gasteiger partial charge on any atom is 0.221 e. The minimum atomic E-state index is -0.141. The van der Waals surface area contributed by atoms with Crippen LogP contribution in [0.5, 0.6) is 5.75 Å². The third-order valence-electron chi connectivity index (χ3n) is 4.71. The summed E-state index contributed by atoms with van der Waals surface area (Å²) in [5.41, 5.74) is 2.24. The fraction of sp³-hybridized carbons (Fsp3) is 0.350. The van der Waals surface area contributed by atoms with Crippen molar-refractivity contribution in [3.8, 4) is 5.75 Å². The van der Waals surface area contributed by atoms with Crippen molar-refractivity contribution in [2.75, 3.05) is 7.11 Å². The number of ether oxygens (including phenoxy) is 1. The van der Waals surface area contributed by atoms with Crippen molar-refractivity contribution in [2.45, 2.75) is 37.6 Å². The average molecular weight is 309 g/mol. The smallest absolute Gasteiger partial charge is 0.221 e. The van der Waals surface area contributed by atoms with E-state index in [2.05, 4.69) is 17.4 Å². The lowest BCUT2D eigenvalue weighted by atomic mass is 9.71. The minimum Gasteiger partial charge on any atom is -0.497 e. The van der Waals surface area contributed by atoms with Crippen molar-refractivity contribution in [1.29, 1.82) is 0 Å². The van der Waals surface area contributed by atoms with Gasteiger partial charge in [-0.05, 0) is 48.9 Å². The largest absolute Gasteiger partial charge is 0.497 e. The number of carbonyl (C=O) groups is 1. The number of hydrogen-bond donors (Lipinski definition) is 1. The van der Waals surface area contributed by atoms with E-state index in [0.717, 1.165) is 30.6 Å². The fourth-order valence-electron chi connectivity index (χ4n) is 3.15. The molecule has 23 heavy (non-hydrogen) atoms. The molecule has 1 aliphatic carbocycles. The molecule has 3 rings (SSSR count). The standard InChI is InChI=1S/C20H23NO2/c1-23-18-11-8-16(9-12-18)10-13-19(22)21-20(14-5-15-20)17-6-3-2-4-7-17/h2-4,6-9,11-12H,5,10,13-15H2,1H3,(H,21,22). The molecule has 0 atom stereocenters. The first-order valence-electron chi connectivity index (χ1n) is 8.21. The molecular formula is C20H23NO2. The van der Waals surface area contributed by atoms with Gasteiger partial charge < -0.3 is 10.1 Å². The Morgan fingerprint density at radius 1 is 1.09 bits per heavy atom. The van der Waals surface area contributed by atoms with Crippen molar-refractivity contribution in [2.24, 2.45) is 0 Å². The second-order valence-corrected chi connectivity index (χ2v) is 6.20. The summed E-state index contributed by atoms with van der Waals surface area (Å²) in [4.78, 5) is 12.4. The highest BCUT2D eigenvalue weighted by molar-refractivity contribution is 5.77. The first-order chi connectivity index (χ1) is 11.2. The van der Waals surface area contributed by atoms with Crippen molar-refractivity contribution in [3.05, 3.63) is 65.7 Å². The third kappa shape index (κ3) is 3.55. The molecule has 0 aliphatic heterocycles. The van der Waals surface area contributed by atoms with E-state index in [9.17, 15) is 4.79 Å². The van der Waals surface area contributed by atoms with E-state index in [0.29, 0.717) is 6.42 Å². The van der Waals surface area contributed by atoms with Gasteiger partial charge in [-0.3, -0.25) is 4.79 Å². The molecule has 0 spiro atoms. The van der Waals surface area contributed by atoms with Crippen LogP contribution in [0.1, 0.15) is 36.8 Å². The minimum absolute atomic E-state index is 0.129. The number of rotatable bonds is 6. The molecule has 1 amide bonds. The Morgan fingerprint density at radius 3 is 2.35 bits per heavy atom. The van der Waals surface area contributed by atoms with Gasteiger partial charge in [0.25, 0.3) is 0 Å². The predicted octanol–water partition coefficient (Wildman–Crippen LogP) is 3.82. The van der Waals surface area contributed by atoms with Crippen LogP contribution in [-0.2, 0) is 16.8 Å². The molecule has 2 aromatic rings. The van der Waals surface area contributed by atoms with Crippen LogP contribution in [0.15, 0.2) is 54.6 Å². The highest BCUT2D eigenvalue weighted by atomic mass is 16.5. The van der Waals surface area contributed by atoms with Gasteiger partial charge in [-0.15, -0.1) is 0 Å². The highest BCUT2D eigenvalue weighted by Gasteiger charge is 2.39. The molecule has 0 radical (unpaired) electrons. The number of benzene rings is 2. The van der Waals surface area contributed by atoms with Crippen molar-refractivity contribution in [1.82, 2.24) is 5.32 Å². The third-order valence-corrected chi connectivity index (χ3v) is 4.71. The van der Waals surface area contributed by atoms with Gasteiger partial charge in [0, 0.05) is 6.42 Å². The van der Waals surface area contributed by atoms with Gasteiger partial charge in [0.2, 0.25) is 5.91 Å². The van der Waals surface area contributed by atoms with Gasteiger partial charge in [0.15, 0.2) is 0 Å². The maximum atomic E-state index is 12.4. The maximum absolute atomic E-state index is 12.4. The van der Waals surface area contributed by atoms with Gasteiger partial charge >= 0.3 is 0 Å². The summed E-state index contributed by atoms with van der Waals surface area (Å²) in [5, 5.41) is 3.28. The van der Waals surface area contributed by atoms with Crippen LogP contribution in [0.3, 0.4) is 0 Å². The van der Waals surface area contributed by atoms with Gasteiger partial charge in [-0.1, -0.05) is 42.5 Å². The molecule has 0 saturated heterocycles. The summed E-state index contributed by atoms with van der Waals surface area (Å²) in [7, 11) is 1.66. The molecule has 3 nitrogen and oxygen atoms in total. The molecule has 3 heteroatoms. The summed E-state index contributed by atoms with van der Waals surface area (Å²) in [6.07, 6.45) is 4.51. The molecule has 1 fully saturated rings. The quantitative estimate of drug-likeness (QED) is 0.881. The lowest BCUT2D eigenvalue weighted by Crippen LogP contribution is -2.50. The molecule has 2 aromatic carbocycles. The molecule has 0 aromatic heterocycles. The average Bonchev–Trinajstić information content (AvgIpc) is 2.57. The second kappa shape index (κ2) is 6.86. The van der Waals surface area contributed by atoms with Gasteiger partial charge in [0.05, 0.1) is 12.6 Å². The monoisotopic (exact) mass is 309 g/mol. The molecule has 0 bridgehead atoms. The van der Waals surface area contributed by atoms with E-state index in [1.807, 2.05) is 42.5 Å². The Balaban J connectivity index is 1.58. The zero-order valence-corrected chi connectivity index (χ0v) is 13.5. The normalized spacial score (nSPS) is 15.5. The Hall–Kier alpha value is -2.29. The van der Waals surface area contributed by atoms with Gasteiger partial charge in [0.1, 0.15) is 5.75 Å². The topological polar surface area (TPSA) is 38.3 Å². The lowest BCUT2D eigenvalue weighted by molar-refractivity contribution is -0.124. The number of nitrogens with one attached hydrogen (secondary N) is 1. The van der Waals surface area contributed by atoms with Crippen molar-refractivity contribution in [3.63, 3.8) is 0 Å². The van der Waals surface area contributed by atoms with Crippen LogP contribution in [0.2, 0.25) is 0 Å². The summed E-state index contributed by atoms with van der Waals surface area (Å²) in [5.74, 6) is 0.972. The van der Waals surface area contributed by atoms with Crippen LogP contribution >= 0.6 is 0 Å². The number of carbonyl (C=O) groups excluding carboxylic acids is 1. The van der Waals surface area contributed by atoms with Crippen LogP contribution in [0, 0.1) is 0 Å². The fourth-order valence-corrected chi connectivity index (χ4v) is 3.15. The van der Waals surface area contributed by atoms with Crippen molar-refractivity contribution >= 4 is 5.91 Å². The first-order valence-corrected chi connectivity index (χ1v) is 8.21. The highest BCUT2D eigenvalue weighted by Crippen LogP contribution is 2.41. The van der Waals surface area contributed by atoms with Crippen LogP contribution in [0.4, 0.5) is 0 Å². The second-order valence-electron chi connectivity index (χ2n) is 6.20. The zero-order chi connectivity index (χ0) is 16.1. The van der Waals surface area contributed by atoms with E-state index in [1.165, 1.54) is 12.0 Å². The van der Waals surface area contributed by atoms with Crippen molar-refractivity contribution < 1.29 is 9.53 Å². The molecule has 0 heterocycles. The number of amides is 1. The molecule has 1 N–H and O–H groups in total. The summed E-state index contributed by atoms with van der Waals surface area (Å²) < 4.78 is 5.15. The zero-order valence-electron chi connectivity index (χ0n) is 13.5. The van der Waals surface area contributed by atoms with E-state index in [1.54, 1.807) is 7.11 Å². The Morgan fingerprint density at radius 2 is 1.78 bits per heavy atom. The molecule has 0 unspecified atom stereocenters. The lowest BCUT2D eigenvalue weighted by Gasteiger charge is -2.43. The molecule has 1 aliphatic rings. The van der Waals surface area contributed by atoms with E-state index >= 15 is 0 Å². The van der Waals surface area contributed by atoms with E-state index < -0.39 is 0 Å². The van der Waals surface area contributed by atoms with Crippen LogP contribution < -0.4 is 10.1 Å². The Labute approximate surface area is 137 Å². The first kappa shape index (κ1) is 15.6. The summed E-state index contributed by atoms with van der Waals surface area (Å²) in [6.45, 7) is 0. The Kier molecular flexibility index (Phi) is 4.65. The summed E-state index contributed by atoms with van der Waals surface area (Å²) >= 11 is 0. The predicted molar refractivity (Wildman–Crippen MR) is 91.4 cm³/mol. The van der Waals surface area contributed by atoms with Crippen LogP contribution in [-0.4, -0.2) is 13.0 Å². The Bertz CT molecular complexity index is 645. The van der Waals surface area contributed by atoms with Gasteiger partial charge in [-0.25, -0.2) is 0 Å². The summed E-state index contributed by atoms with van der Waals surface area (Å²) in [6, 6.07) is 18.2. The van der Waals surface area contributed by atoms with E-state index in [-0.39, 0.29) is 11.4 Å². The molecule has 1 saturated carbocycles.